The summed E-state index contributed by atoms with van der Waals surface area (Å²) in [4.78, 5) is 13.4. The zero-order chi connectivity index (χ0) is 21.5. The smallest absolute Gasteiger partial charge is 0.312 e. The van der Waals surface area contributed by atoms with Gasteiger partial charge in [-0.25, -0.2) is 0 Å². The number of carbonyl (C=O) groups excluding carboxylic acids is 1. The Morgan fingerprint density at radius 1 is 1.03 bits per heavy atom. The van der Waals surface area contributed by atoms with Gasteiger partial charge < -0.3 is 14.9 Å². The summed E-state index contributed by atoms with van der Waals surface area (Å²) in [7, 11) is 0. The fourth-order valence-electron chi connectivity index (χ4n) is 8.91. The van der Waals surface area contributed by atoms with E-state index in [4.69, 9.17) is 4.74 Å². The van der Waals surface area contributed by atoms with E-state index in [1.54, 1.807) is 0 Å². The molecule has 4 aliphatic carbocycles. The van der Waals surface area contributed by atoms with E-state index in [0.29, 0.717) is 11.8 Å². The van der Waals surface area contributed by atoms with Crippen molar-refractivity contribution in [1.82, 2.24) is 0 Å². The largest absolute Gasteiger partial charge is 0.460 e. The number of rotatable bonds is 2. The topological polar surface area (TPSA) is 66.8 Å². The first-order chi connectivity index (χ1) is 13.3. The summed E-state index contributed by atoms with van der Waals surface area (Å²) in [6, 6.07) is 0. The van der Waals surface area contributed by atoms with E-state index in [9.17, 15) is 15.0 Å². The number of aliphatic hydroxyl groups excluding tert-OH is 2. The molecule has 4 heteroatoms. The molecule has 0 aromatic heterocycles. The van der Waals surface area contributed by atoms with E-state index in [2.05, 4.69) is 20.8 Å². The van der Waals surface area contributed by atoms with Crippen LogP contribution >= 0.6 is 0 Å². The molecule has 29 heavy (non-hydrogen) atoms. The predicted molar refractivity (Wildman–Crippen MR) is 113 cm³/mol. The van der Waals surface area contributed by atoms with Crippen LogP contribution in [0.4, 0.5) is 0 Å². The number of aliphatic hydroxyl groups is 2. The molecular formula is C25H42O4. The van der Waals surface area contributed by atoms with E-state index in [0.717, 1.165) is 51.4 Å². The van der Waals surface area contributed by atoms with Crippen LogP contribution in [-0.2, 0) is 9.53 Å². The number of carbonyl (C=O) groups is 1. The summed E-state index contributed by atoms with van der Waals surface area (Å²) < 4.78 is 5.93. The third-order valence-corrected chi connectivity index (χ3v) is 10.00. The Hall–Kier alpha value is -0.610. The van der Waals surface area contributed by atoms with E-state index in [1.807, 2.05) is 20.8 Å². The van der Waals surface area contributed by atoms with Crippen molar-refractivity contribution in [2.75, 3.05) is 6.61 Å². The second-order valence-electron chi connectivity index (χ2n) is 12.8. The van der Waals surface area contributed by atoms with E-state index < -0.39 is 17.1 Å². The zero-order valence-electron chi connectivity index (χ0n) is 19.4. The minimum Gasteiger partial charge on any atom is -0.460 e. The molecule has 0 unspecified atom stereocenters. The second kappa shape index (κ2) is 6.45. The van der Waals surface area contributed by atoms with Crippen molar-refractivity contribution < 1.29 is 19.7 Å². The van der Waals surface area contributed by atoms with Crippen molar-refractivity contribution in [3.8, 4) is 0 Å². The molecule has 166 valence electrons. The molecule has 0 amide bonds. The van der Waals surface area contributed by atoms with Gasteiger partial charge >= 0.3 is 5.97 Å². The Morgan fingerprint density at radius 3 is 2.31 bits per heavy atom. The Balaban J connectivity index is 1.71. The maximum atomic E-state index is 13.4. The Kier molecular flexibility index (Phi) is 4.81. The van der Waals surface area contributed by atoms with Crippen molar-refractivity contribution in [2.24, 2.45) is 39.4 Å². The van der Waals surface area contributed by atoms with Gasteiger partial charge in [0.25, 0.3) is 0 Å². The van der Waals surface area contributed by atoms with Crippen LogP contribution in [0.25, 0.3) is 0 Å². The van der Waals surface area contributed by atoms with Crippen LogP contribution in [0.1, 0.15) is 92.9 Å². The fourth-order valence-corrected chi connectivity index (χ4v) is 8.91. The molecule has 0 saturated heterocycles. The molecule has 0 radical (unpaired) electrons. The first-order valence-electron chi connectivity index (χ1n) is 11.8. The lowest BCUT2D eigenvalue weighted by Gasteiger charge is -2.65. The van der Waals surface area contributed by atoms with Gasteiger partial charge in [-0.15, -0.1) is 0 Å². The summed E-state index contributed by atoms with van der Waals surface area (Å²) >= 11 is 0. The molecule has 2 bridgehead atoms. The Bertz CT molecular complexity index is 683. The van der Waals surface area contributed by atoms with E-state index in [1.165, 1.54) is 0 Å². The monoisotopic (exact) mass is 406 g/mol. The number of hydrogen-bond acceptors (Lipinski definition) is 4. The lowest BCUT2D eigenvalue weighted by atomic mass is 9.39. The van der Waals surface area contributed by atoms with Crippen LogP contribution in [0, 0.1) is 39.4 Å². The molecule has 4 aliphatic rings. The summed E-state index contributed by atoms with van der Waals surface area (Å²) in [5.74, 6) is 0.740. The van der Waals surface area contributed by atoms with Crippen molar-refractivity contribution in [3.63, 3.8) is 0 Å². The third kappa shape index (κ3) is 2.87. The van der Waals surface area contributed by atoms with Crippen LogP contribution in [-0.4, -0.2) is 34.5 Å². The van der Waals surface area contributed by atoms with Gasteiger partial charge in [-0.05, 0) is 101 Å². The quantitative estimate of drug-likeness (QED) is 0.652. The van der Waals surface area contributed by atoms with Gasteiger partial charge in [0.05, 0.1) is 11.5 Å². The lowest BCUT2D eigenvalue weighted by Crippen LogP contribution is -2.60. The first-order valence-corrected chi connectivity index (χ1v) is 11.8. The second-order valence-corrected chi connectivity index (χ2v) is 12.8. The molecule has 0 heterocycles. The van der Waals surface area contributed by atoms with Gasteiger partial charge in [-0.3, -0.25) is 4.79 Å². The highest BCUT2D eigenvalue weighted by molar-refractivity contribution is 5.77. The highest BCUT2D eigenvalue weighted by Gasteiger charge is 2.71. The lowest BCUT2D eigenvalue weighted by molar-refractivity contribution is -0.201. The summed E-state index contributed by atoms with van der Waals surface area (Å²) in [6.45, 7) is 12.8. The van der Waals surface area contributed by atoms with Gasteiger partial charge in [-0.1, -0.05) is 20.3 Å². The number of hydrogen-bond donors (Lipinski definition) is 2. The minimum absolute atomic E-state index is 0.0208. The molecule has 1 spiro atoms. The zero-order valence-corrected chi connectivity index (χ0v) is 19.4. The molecule has 4 fully saturated rings. The molecular weight excluding hydrogens is 364 g/mol. The van der Waals surface area contributed by atoms with Crippen LogP contribution in [0.3, 0.4) is 0 Å². The fraction of sp³-hybridized carbons (Fsp3) is 0.960. The predicted octanol–water partition coefficient (Wildman–Crippen LogP) is 4.71. The van der Waals surface area contributed by atoms with Crippen molar-refractivity contribution in [3.05, 3.63) is 0 Å². The molecule has 4 nitrogen and oxygen atoms in total. The average molecular weight is 407 g/mol. The molecule has 0 aromatic carbocycles. The molecule has 8 atom stereocenters. The third-order valence-electron chi connectivity index (χ3n) is 10.00. The summed E-state index contributed by atoms with van der Waals surface area (Å²) in [6.07, 6.45) is 7.90. The van der Waals surface area contributed by atoms with Crippen LogP contribution < -0.4 is 0 Å². The van der Waals surface area contributed by atoms with Crippen molar-refractivity contribution >= 4 is 5.97 Å². The minimum atomic E-state index is -0.464. The van der Waals surface area contributed by atoms with Gasteiger partial charge in [0.1, 0.15) is 5.60 Å². The molecule has 0 aromatic rings. The molecule has 4 saturated carbocycles. The van der Waals surface area contributed by atoms with Crippen molar-refractivity contribution in [2.45, 2.75) is 105 Å². The van der Waals surface area contributed by atoms with Crippen molar-refractivity contribution in [1.29, 1.82) is 0 Å². The van der Waals surface area contributed by atoms with Gasteiger partial charge in [0, 0.05) is 12.5 Å². The van der Waals surface area contributed by atoms with Crippen LogP contribution in [0.2, 0.25) is 0 Å². The van der Waals surface area contributed by atoms with E-state index >= 15 is 0 Å². The van der Waals surface area contributed by atoms with Crippen LogP contribution in [0.15, 0.2) is 0 Å². The first kappa shape index (κ1) is 21.6. The average Bonchev–Trinajstić information content (AvgIpc) is 2.74. The number of ether oxygens (including phenoxy) is 1. The maximum absolute atomic E-state index is 13.4. The number of esters is 1. The highest BCUT2D eigenvalue weighted by Crippen LogP contribution is 2.75. The number of fused-ring (bicyclic) bond motifs is 3. The molecule has 0 aliphatic heterocycles. The Labute approximate surface area is 176 Å². The maximum Gasteiger partial charge on any atom is 0.312 e. The van der Waals surface area contributed by atoms with Crippen LogP contribution in [0.5, 0.6) is 0 Å². The standard InChI is InChI=1S/C25H42O4/c1-21(2,3)29-20(28)24(6)11-7-10-23(5)17(24)9-13-25-15-22(4,12-8-18(23)25)19(27)16(25)14-26/h16-19,26-27H,7-15H2,1-6H3/t16-,17+,18+,19-,22+,23-,24-,25-/m1/s1. The molecule has 2 N–H and O–H groups in total. The molecule has 4 rings (SSSR count). The summed E-state index contributed by atoms with van der Waals surface area (Å²) in [5, 5.41) is 21.4. The van der Waals surface area contributed by atoms with Gasteiger partial charge in [0.2, 0.25) is 0 Å². The highest BCUT2D eigenvalue weighted by atomic mass is 16.6. The Morgan fingerprint density at radius 2 is 1.69 bits per heavy atom. The normalized spacial score (nSPS) is 51.9. The summed E-state index contributed by atoms with van der Waals surface area (Å²) in [5.41, 5.74) is -0.863. The SMILES string of the molecule is CC(C)(C)OC(=O)[C@]1(C)CCC[C@@]2(C)[C@@H]3CC[C@@]4(C)C[C@]3(CC[C@@H]21)[C@H](CO)[C@H]4O. The van der Waals surface area contributed by atoms with Gasteiger partial charge in [0.15, 0.2) is 0 Å². The van der Waals surface area contributed by atoms with Gasteiger partial charge in [-0.2, -0.15) is 0 Å². The van der Waals surface area contributed by atoms with E-state index in [-0.39, 0.29) is 34.7 Å².